The number of carbonyl (C=O) groups is 4. The number of Topliss-reactive ketones (excluding diaryl/α,β-unsaturated/α-hetero) is 2. The van der Waals surface area contributed by atoms with Gasteiger partial charge in [0.25, 0.3) is 11.8 Å². The number of aryl methyl sites for hydroxylation is 2. The zero-order valence-electron chi connectivity index (χ0n) is 17.5. The lowest BCUT2D eigenvalue weighted by Gasteiger charge is -2.43. The second-order valence-electron chi connectivity index (χ2n) is 7.87. The Hall–Kier alpha value is -3.01. The van der Waals surface area contributed by atoms with Crippen LogP contribution in [-0.4, -0.2) is 74.4 Å². The highest BCUT2D eigenvalue weighted by atomic mass is 16.5. The molecular formula is C20H25N5O5. The van der Waals surface area contributed by atoms with Crippen molar-refractivity contribution in [2.75, 3.05) is 13.2 Å². The first kappa shape index (κ1) is 20.3. The number of hydrogen-bond donors (Lipinski definition) is 1. The standard InChI is InChI=1S/C20H25N5O5/c1-5-24-12(4)13(11(3)22-24)6-21-19(28)14-7-23-8-15-25(10(2)9-30-15)20(29)16(23)18(27)17(14)26/h7,10,15-16H,5-6,8-9H2,1-4H3,(H,21,28)/t10-,15+,16?/m0/s1. The van der Waals surface area contributed by atoms with Crippen molar-refractivity contribution in [2.45, 2.75) is 59.1 Å². The minimum Gasteiger partial charge on any atom is -0.354 e. The van der Waals surface area contributed by atoms with E-state index in [1.54, 1.807) is 0 Å². The van der Waals surface area contributed by atoms with E-state index in [4.69, 9.17) is 4.74 Å². The first-order valence-corrected chi connectivity index (χ1v) is 10.1. The maximum absolute atomic E-state index is 12.8. The van der Waals surface area contributed by atoms with Crippen molar-refractivity contribution in [1.29, 1.82) is 0 Å². The van der Waals surface area contributed by atoms with Crippen molar-refractivity contribution < 1.29 is 23.9 Å². The molecule has 1 N–H and O–H groups in total. The molecule has 1 aromatic rings. The smallest absolute Gasteiger partial charge is 0.257 e. The van der Waals surface area contributed by atoms with Gasteiger partial charge in [-0.05, 0) is 27.7 Å². The molecular weight excluding hydrogens is 390 g/mol. The molecule has 0 spiro atoms. The summed E-state index contributed by atoms with van der Waals surface area (Å²) in [4.78, 5) is 53.8. The summed E-state index contributed by atoms with van der Waals surface area (Å²) in [5.41, 5.74) is 2.34. The molecule has 0 aliphatic carbocycles. The Morgan fingerprint density at radius 3 is 2.70 bits per heavy atom. The van der Waals surface area contributed by atoms with Crippen LogP contribution in [0.1, 0.15) is 30.8 Å². The second-order valence-corrected chi connectivity index (χ2v) is 7.87. The third kappa shape index (κ3) is 3.02. The van der Waals surface area contributed by atoms with Crippen LogP contribution in [0.5, 0.6) is 0 Å². The molecule has 1 unspecified atom stereocenters. The fourth-order valence-electron chi connectivity index (χ4n) is 4.36. The molecule has 1 aromatic heterocycles. The summed E-state index contributed by atoms with van der Waals surface area (Å²) in [5.74, 6) is -2.92. The van der Waals surface area contributed by atoms with Gasteiger partial charge in [-0.2, -0.15) is 5.10 Å². The predicted molar refractivity (Wildman–Crippen MR) is 104 cm³/mol. The van der Waals surface area contributed by atoms with E-state index in [1.807, 2.05) is 32.4 Å². The molecule has 2 amide bonds. The van der Waals surface area contributed by atoms with Crippen molar-refractivity contribution >= 4 is 23.4 Å². The van der Waals surface area contributed by atoms with Crippen molar-refractivity contribution in [3.63, 3.8) is 0 Å². The number of hydrogen-bond acceptors (Lipinski definition) is 7. The van der Waals surface area contributed by atoms with E-state index in [9.17, 15) is 19.2 Å². The Bertz CT molecular complexity index is 980. The maximum Gasteiger partial charge on any atom is 0.257 e. The minimum absolute atomic E-state index is 0.156. The highest BCUT2D eigenvalue weighted by Crippen LogP contribution is 2.29. The zero-order valence-corrected chi connectivity index (χ0v) is 17.5. The average Bonchev–Trinajstić information content (AvgIpc) is 3.21. The van der Waals surface area contributed by atoms with Gasteiger partial charge in [0.1, 0.15) is 11.8 Å². The third-order valence-corrected chi connectivity index (χ3v) is 6.01. The van der Waals surface area contributed by atoms with Crippen LogP contribution in [0.15, 0.2) is 11.8 Å². The summed E-state index contributed by atoms with van der Waals surface area (Å²) in [5, 5.41) is 7.12. The van der Waals surface area contributed by atoms with Gasteiger partial charge < -0.3 is 19.9 Å². The van der Waals surface area contributed by atoms with Crippen LogP contribution in [0.3, 0.4) is 0 Å². The molecule has 0 radical (unpaired) electrons. The fraction of sp³-hybridized carbons (Fsp3) is 0.550. The van der Waals surface area contributed by atoms with E-state index in [-0.39, 0.29) is 24.7 Å². The van der Waals surface area contributed by atoms with Gasteiger partial charge >= 0.3 is 0 Å². The lowest BCUT2D eigenvalue weighted by Crippen LogP contribution is -2.65. The molecule has 10 nitrogen and oxygen atoms in total. The lowest BCUT2D eigenvalue weighted by molar-refractivity contribution is -0.159. The Kier molecular flexibility index (Phi) is 4.97. The molecule has 3 aliphatic rings. The van der Waals surface area contributed by atoms with E-state index < -0.39 is 35.7 Å². The normalized spacial score (nSPS) is 25.9. The minimum atomic E-state index is -1.22. The van der Waals surface area contributed by atoms with Gasteiger partial charge in [0.2, 0.25) is 11.6 Å². The lowest BCUT2D eigenvalue weighted by atomic mass is 9.93. The Labute approximate surface area is 173 Å². The zero-order chi connectivity index (χ0) is 21.7. The molecule has 2 fully saturated rings. The Balaban J connectivity index is 1.54. The summed E-state index contributed by atoms with van der Waals surface area (Å²) in [6.07, 6.45) is 0.830. The molecule has 0 aromatic carbocycles. The Morgan fingerprint density at radius 2 is 2.03 bits per heavy atom. The van der Waals surface area contributed by atoms with Gasteiger partial charge in [0, 0.05) is 30.5 Å². The number of fused-ring (bicyclic) bond motifs is 2. The number of aromatic nitrogens is 2. The summed E-state index contributed by atoms with van der Waals surface area (Å²) in [7, 11) is 0. The van der Waals surface area contributed by atoms with Gasteiger partial charge in [-0.25, -0.2) is 0 Å². The topological polar surface area (TPSA) is 114 Å². The predicted octanol–water partition coefficient (Wildman–Crippen LogP) is -0.571. The second kappa shape index (κ2) is 7.35. The molecule has 4 rings (SSSR count). The van der Waals surface area contributed by atoms with Crippen LogP contribution in [0, 0.1) is 13.8 Å². The largest absolute Gasteiger partial charge is 0.354 e. The molecule has 3 atom stereocenters. The van der Waals surface area contributed by atoms with Gasteiger partial charge in [-0.3, -0.25) is 23.9 Å². The van der Waals surface area contributed by atoms with Crippen LogP contribution < -0.4 is 5.32 Å². The molecule has 2 saturated heterocycles. The third-order valence-electron chi connectivity index (χ3n) is 6.01. The van der Waals surface area contributed by atoms with Crippen LogP contribution in [0.4, 0.5) is 0 Å². The quantitative estimate of drug-likeness (QED) is 0.398. The van der Waals surface area contributed by atoms with Crippen LogP contribution in [0.2, 0.25) is 0 Å². The molecule has 3 aliphatic heterocycles. The summed E-state index contributed by atoms with van der Waals surface area (Å²) in [6, 6.07) is -1.38. The number of carbonyl (C=O) groups excluding carboxylic acids is 4. The number of nitrogens with zero attached hydrogens (tertiary/aromatic N) is 4. The number of amides is 2. The molecule has 160 valence electrons. The molecule has 0 saturated carbocycles. The highest BCUT2D eigenvalue weighted by molar-refractivity contribution is 6.53. The molecule has 30 heavy (non-hydrogen) atoms. The van der Waals surface area contributed by atoms with Gasteiger partial charge in [0.05, 0.1) is 24.9 Å². The monoisotopic (exact) mass is 415 g/mol. The first-order chi connectivity index (χ1) is 14.2. The van der Waals surface area contributed by atoms with Gasteiger partial charge in [-0.1, -0.05) is 0 Å². The van der Waals surface area contributed by atoms with E-state index in [2.05, 4.69) is 10.4 Å². The van der Waals surface area contributed by atoms with Gasteiger partial charge in [0.15, 0.2) is 6.04 Å². The van der Waals surface area contributed by atoms with Crippen molar-refractivity contribution in [1.82, 2.24) is 24.9 Å². The van der Waals surface area contributed by atoms with E-state index >= 15 is 0 Å². The van der Waals surface area contributed by atoms with Crippen LogP contribution in [-0.2, 0) is 37.0 Å². The number of piperazine rings is 1. The number of ether oxygens (including phenoxy) is 1. The van der Waals surface area contributed by atoms with Crippen molar-refractivity contribution in [2.24, 2.45) is 0 Å². The van der Waals surface area contributed by atoms with E-state index in [1.165, 1.54) is 16.0 Å². The molecule has 10 heteroatoms. The SMILES string of the molecule is CCn1nc(C)c(CNC(=O)C2=CN3C[C@H]4OC[C@H](C)N4C(=O)C3C(=O)C2=O)c1C. The molecule has 4 heterocycles. The van der Waals surface area contributed by atoms with E-state index in [0.717, 1.165) is 17.0 Å². The van der Waals surface area contributed by atoms with E-state index in [0.29, 0.717) is 13.2 Å². The average molecular weight is 415 g/mol. The first-order valence-electron chi connectivity index (χ1n) is 10.1. The van der Waals surface area contributed by atoms with Crippen LogP contribution in [0.25, 0.3) is 0 Å². The number of nitrogens with one attached hydrogen (secondary N) is 1. The summed E-state index contributed by atoms with van der Waals surface area (Å²) >= 11 is 0. The fourth-order valence-corrected chi connectivity index (χ4v) is 4.36. The van der Waals surface area contributed by atoms with Crippen molar-refractivity contribution in [3.05, 3.63) is 28.7 Å². The Morgan fingerprint density at radius 1 is 1.30 bits per heavy atom. The summed E-state index contributed by atoms with van der Waals surface area (Å²) < 4.78 is 7.46. The maximum atomic E-state index is 12.8. The number of rotatable bonds is 4. The van der Waals surface area contributed by atoms with Crippen molar-refractivity contribution in [3.8, 4) is 0 Å². The van der Waals surface area contributed by atoms with Gasteiger partial charge in [-0.15, -0.1) is 0 Å². The summed E-state index contributed by atoms with van der Waals surface area (Å²) in [6.45, 7) is 9.09. The highest BCUT2D eigenvalue weighted by Gasteiger charge is 2.52. The molecule has 0 bridgehead atoms. The van der Waals surface area contributed by atoms with Crippen LogP contribution >= 0.6 is 0 Å². The number of ketones is 2.